The molecule has 0 saturated heterocycles. The second kappa shape index (κ2) is 8.27. The summed E-state index contributed by atoms with van der Waals surface area (Å²) in [7, 11) is 0. The highest BCUT2D eigenvalue weighted by Crippen LogP contribution is 2.38. The van der Waals surface area contributed by atoms with Crippen LogP contribution < -0.4 is 9.64 Å². The minimum Gasteiger partial charge on any atom is -0.491 e. The van der Waals surface area contributed by atoms with Crippen LogP contribution in [-0.2, 0) is 19.4 Å². The molecule has 0 unspecified atom stereocenters. The number of guanidine groups is 1. The van der Waals surface area contributed by atoms with E-state index < -0.39 is 5.54 Å². The van der Waals surface area contributed by atoms with Gasteiger partial charge in [0.1, 0.15) is 11.3 Å². The number of amides is 1. The van der Waals surface area contributed by atoms with E-state index in [0.29, 0.717) is 55.2 Å². The predicted octanol–water partition coefficient (Wildman–Crippen LogP) is 4.34. The van der Waals surface area contributed by atoms with Gasteiger partial charge in [0.25, 0.3) is 5.91 Å². The Hall–Kier alpha value is -3.58. The lowest BCUT2D eigenvalue weighted by Crippen LogP contribution is -2.51. The minimum absolute atomic E-state index is 0.0924. The largest absolute Gasteiger partial charge is 0.491 e. The highest BCUT2D eigenvalue weighted by Gasteiger charge is 2.47. The summed E-state index contributed by atoms with van der Waals surface area (Å²) in [6.45, 7) is 8.31. The third-order valence-corrected chi connectivity index (χ3v) is 7.24. The zero-order valence-corrected chi connectivity index (χ0v) is 20.3. The molecule has 0 spiro atoms. The number of carbonyl (C=O) groups excluding carboxylic acids is 1. The molecule has 3 aromatic rings. The molecule has 0 radical (unpaired) electrons. The van der Waals surface area contributed by atoms with Crippen molar-refractivity contribution in [3.8, 4) is 5.75 Å². The molecule has 1 atom stereocenters. The van der Waals surface area contributed by atoms with Crippen LogP contribution in [0.25, 0.3) is 0 Å². The van der Waals surface area contributed by atoms with Gasteiger partial charge in [-0.25, -0.2) is 9.98 Å². The van der Waals surface area contributed by atoms with Crippen LogP contribution in [0.3, 0.4) is 0 Å². The molecule has 1 aromatic heterocycles. The van der Waals surface area contributed by atoms with Crippen molar-refractivity contribution in [1.82, 2.24) is 14.5 Å². The van der Waals surface area contributed by atoms with Gasteiger partial charge in [0.15, 0.2) is 11.5 Å². The fourth-order valence-electron chi connectivity index (χ4n) is 5.26. The molecular formula is C27H26ClN5O2. The normalized spacial score (nSPS) is 20.3. The number of nitrogens with zero attached hydrogens (tertiary/aromatic N) is 5. The minimum atomic E-state index is -0.538. The Labute approximate surface area is 209 Å². The first kappa shape index (κ1) is 21.9. The molecule has 4 heterocycles. The number of fused-ring (bicyclic) bond motifs is 4. The van der Waals surface area contributed by atoms with Gasteiger partial charge in [-0.1, -0.05) is 54.1 Å². The molecule has 178 valence electrons. The maximum atomic E-state index is 13.7. The Morgan fingerprint density at radius 3 is 2.83 bits per heavy atom. The average Bonchev–Trinajstić information content (AvgIpc) is 3.58. The van der Waals surface area contributed by atoms with Gasteiger partial charge in [-0.05, 0) is 29.7 Å². The van der Waals surface area contributed by atoms with E-state index in [1.807, 2.05) is 41.8 Å². The molecule has 0 aliphatic carbocycles. The average molecular weight is 488 g/mol. The number of imidazole rings is 1. The molecule has 0 fully saturated rings. The van der Waals surface area contributed by atoms with Crippen LogP contribution in [0.1, 0.15) is 34.1 Å². The zero-order valence-electron chi connectivity index (χ0n) is 19.6. The number of carbonyl (C=O) groups is 1. The third kappa shape index (κ3) is 3.53. The molecule has 7 nitrogen and oxygen atoms in total. The van der Waals surface area contributed by atoms with Crippen LogP contribution in [0.2, 0.25) is 5.02 Å². The second-order valence-corrected chi connectivity index (χ2v) is 9.63. The molecule has 0 saturated carbocycles. The lowest BCUT2D eigenvalue weighted by molar-refractivity contribution is 0.0836. The molecule has 6 rings (SSSR count). The van der Waals surface area contributed by atoms with E-state index in [1.165, 1.54) is 5.56 Å². The van der Waals surface area contributed by atoms with E-state index in [-0.39, 0.29) is 5.91 Å². The monoisotopic (exact) mass is 487 g/mol. The van der Waals surface area contributed by atoms with E-state index in [9.17, 15) is 4.79 Å². The number of aliphatic imine (C=N–C) groups is 1. The van der Waals surface area contributed by atoms with Crippen molar-refractivity contribution < 1.29 is 9.53 Å². The first-order chi connectivity index (χ1) is 17.0. The highest BCUT2D eigenvalue weighted by molar-refractivity contribution is 6.32. The molecule has 1 amide bonds. The van der Waals surface area contributed by atoms with Crippen LogP contribution >= 0.6 is 11.6 Å². The Balaban J connectivity index is 1.36. The van der Waals surface area contributed by atoms with Crippen LogP contribution in [0.15, 0.2) is 66.4 Å². The fourth-order valence-corrected chi connectivity index (χ4v) is 5.58. The number of rotatable bonds is 6. The molecule has 35 heavy (non-hydrogen) atoms. The van der Waals surface area contributed by atoms with Crippen LogP contribution in [0.4, 0.5) is 5.82 Å². The van der Waals surface area contributed by atoms with Crippen molar-refractivity contribution in [2.24, 2.45) is 4.99 Å². The molecule has 8 heteroatoms. The summed E-state index contributed by atoms with van der Waals surface area (Å²) < 4.78 is 7.55. The SMILES string of the molecule is C=C[C@@]1(Cc2ccccc2)CN2C(=N1)N(CC)C(=O)c1c2ncn1Cc1cc(Cl)c2c(c1)CCO2. The lowest BCUT2D eigenvalue weighted by atomic mass is 9.92. The maximum Gasteiger partial charge on any atom is 0.281 e. The molecule has 3 aliphatic heterocycles. The first-order valence-corrected chi connectivity index (χ1v) is 12.3. The fraction of sp³-hybridized carbons (Fsp3) is 0.296. The number of halogens is 1. The molecule has 0 N–H and O–H groups in total. The van der Waals surface area contributed by atoms with E-state index in [0.717, 1.165) is 23.3 Å². The quantitative estimate of drug-likeness (QED) is 0.485. The van der Waals surface area contributed by atoms with Crippen molar-refractivity contribution in [1.29, 1.82) is 0 Å². The number of hydrogen-bond acceptors (Lipinski definition) is 5. The lowest BCUT2D eigenvalue weighted by Gasteiger charge is -2.33. The van der Waals surface area contributed by atoms with Gasteiger partial charge in [0.2, 0.25) is 5.96 Å². The van der Waals surface area contributed by atoms with Crippen LogP contribution in [-0.4, -0.2) is 51.6 Å². The molecule has 3 aliphatic rings. The van der Waals surface area contributed by atoms with Gasteiger partial charge in [-0.2, -0.15) is 0 Å². The predicted molar refractivity (Wildman–Crippen MR) is 137 cm³/mol. The van der Waals surface area contributed by atoms with Gasteiger partial charge in [-0.15, -0.1) is 6.58 Å². The zero-order chi connectivity index (χ0) is 24.2. The highest BCUT2D eigenvalue weighted by atomic mass is 35.5. The summed E-state index contributed by atoms with van der Waals surface area (Å²) in [5, 5.41) is 0.608. The summed E-state index contributed by atoms with van der Waals surface area (Å²) in [6.07, 6.45) is 5.18. The van der Waals surface area contributed by atoms with E-state index in [2.05, 4.69) is 34.7 Å². The van der Waals surface area contributed by atoms with E-state index >= 15 is 0 Å². The number of aromatic nitrogens is 2. The molecule has 2 aromatic carbocycles. The smallest absolute Gasteiger partial charge is 0.281 e. The topological polar surface area (TPSA) is 63.0 Å². The Morgan fingerprint density at radius 2 is 2.06 bits per heavy atom. The van der Waals surface area contributed by atoms with Gasteiger partial charge < -0.3 is 9.30 Å². The number of ether oxygens (including phenoxy) is 1. The Bertz CT molecular complexity index is 1370. The van der Waals surface area contributed by atoms with Crippen molar-refractivity contribution in [3.63, 3.8) is 0 Å². The summed E-state index contributed by atoms with van der Waals surface area (Å²) >= 11 is 6.46. The van der Waals surface area contributed by atoms with Gasteiger partial charge in [0.05, 0.1) is 24.5 Å². The first-order valence-electron chi connectivity index (χ1n) is 11.9. The van der Waals surface area contributed by atoms with Crippen LogP contribution in [0.5, 0.6) is 5.75 Å². The van der Waals surface area contributed by atoms with Gasteiger partial charge in [-0.3, -0.25) is 14.6 Å². The standard InChI is InChI=1S/C27H26ClN5O2/c1-3-27(14-18-8-6-5-7-9-18)16-33-24-22(25(34)32(4-2)26(33)30-27)31(17-29-24)15-19-12-20-10-11-35-23(20)21(28)13-19/h3,5-9,12-13,17H,1,4,10-11,14-16H2,2H3/t27-/m1/s1. The van der Waals surface area contributed by atoms with E-state index in [4.69, 9.17) is 21.3 Å². The summed E-state index contributed by atoms with van der Waals surface area (Å²) in [5.74, 6) is 1.97. The summed E-state index contributed by atoms with van der Waals surface area (Å²) in [5.41, 5.74) is 3.32. The second-order valence-electron chi connectivity index (χ2n) is 9.23. The molecule has 0 bridgehead atoms. The summed E-state index contributed by atoms with van der Waals surface area (Å²) in [6, 6.07) is 14.3. The van der Waals surface area contributed by atoms with Crippen molar-refractivity contribution in [3.05, 3.63) is 88.9 Å². The Morgan fingerprint density at radius 1 is 1.23 bits per heavy atom. The number of benzene rings is 2. The van der Waals surface area contributed by atoms with Gasteiger partial charge in [0, 0.05) is 25.9 Å². The van der Waals surface area contributed by atoms with E-state index in [1.54, 1.807) is 11.2 Å². The maximum absolute atomic E-state index is 13.7. The van der Waals surface area contributed by atoms with Crippen molar-refractivity contribution >= 4 is 29.3 Å². The molecular weight excluding hydrogens is 462 g/mol. The Kier molecular flexibility index (Phi) is 5.18. The van der Waals surface area contributed by atoms with Crippen molar-refractivity contribution in [2.75, 3.05) is 24.6 Å². The van der Waals surface area contributed by atoms with Gasteiger partial charge >= 0.3 is 0 Å². The summed E-state index contributed by atoms with van der Waals surface area (Å²) in [4.78, 5) is 27.2. The third-order valence-electron chi connectivity index (χ3n) is 6.96. The number of hydrogen-bond donors (Lipinski definition) is 0. The number of anilines is 1. The van der Waals surface area contributed by atoms with Crippen LogP contribution in [0, 0.1) is 0 Å². The van der Waals surface area contributed by atoms with Crippen molar-refractivity contribution in [2.45, 2.75) is 31.8 Å².